The molecule has 0 saturated carbocycles. The summed E-state index contributed by atoms with van der Waals surface area (Å²) in [6.45, 7) is -0.0571. The highest BCUT2D eigenvalue weighted by molar-refractivity contribution is 14.1. The third-order valence-electron chi connectivity index (χ3n) is 4.63. The third-order valence-corrected chi connectivity index (χ3v) is 5.57. The van der Waals surface area contributed by atoms with Gasteiger partial charge in [0.1, 0.15) is 0 Å². The van der Waals surface area contributed by atoms with E-state index in [4.69, 9.17) is 0 Å². The summed E-state index contributed by atoms with van der Waals surface area (Å²) >= 11 is 2.12. The van der Waals surface area contributed by atoms with Gasteiger partial charge in [-0.05, 0) is 58.7 Å². The number of hydrogen-bond donors (Lipinski definition) is 2. The molecule has 3 rings (SSSR count). The second kappa shape index (κ2) is 10.8. The van der Waals surface area contributed by atoms with Crippen molar-refractivity contribution >= 4 is 34.4 Å². The Kier molecular flexibility index (Phi) is 7.81. The summed E-state index contributed by atoms with van der Waals surface area (Å²) in [4.78, 5) is 24.9. The molecule has 0 bridgehead atoms. The Morgan fingerprint density at radius 1 is 0.828 bits per heavy atom. The molecule has 0 aliphatic rings. The summed E-state index contributed by atoms with van der Waals surface area (Å²) in [7, 11) is 0. The molecule has 148 valence electrons. The van der Waals surface area contributed by atoms with Crippen molar-refractivity contribution < 1.29 is 9.59 Å². The molecular weight excluding hydrogens is 475 g/mol. The number of carbonyl (C=O) groups is 2. The van der Waals surface area contributed by atoms with Crippen LogP contribution >= 0.6 is 22.6 Å². The van der Waals surface area contributed by atoms with Crippen LogP contribution in [0.4, 0.5) is 0 Å². The fraction of sp³-hybridized carbons (Fsp3) is 0.167. The zero-order valence-electron chi connectivity index (χ0n) is 16.0. The van der Waals surface area contributed by atoms with E-state index in [1.165, 1.54) is 5.56 Å². The van der Waals surface area contributed by atoms with Crippen LogP contribution in [0.3, 0.4) is 0 Å². The summed E-state index contributed by atoms with van der Waals surface area (Å²) in [5.41, 5.74) is 2.86. The molecule has 0 aromatic heterocycles. The molecule has 3 aromatic carbocycles. The summed E-state index contributed by atoms with van der Waals surface area (Å²) in [5.74, 6) is -0.447. The Hall–Kier alpha value is -2.67. The van der Waals surface area contributed by atoms with Crippen LogP contribution in [0.5, 0.6) is 0 Å². The number of hydrogen-bond acceptors (Lipinski definition) is 2. The van der Waals surface area contributed by atoms with Gasteiger partial charge in [0.2, 0.25) is 5.91 Å². The van der Waals surface area contributed by atoms with Crippen molar-refractivity contribution in [3.8, 4) is 0 Å². The monoisotopic (exact) mass is 498 g/mol. The van der Waals surface area contributed by atoms with E-state index in [2.05, 4.69) is 45.4 Å². The van der Waals surface area contributed by atoms with Crippen LogP contribution in [-0.2, 0) is 11.2 Å². The predicted molar refractivity (Wildman–Crippen MR) is 124 cm³/mol. The van der Waals surface area contributed by atoms with Crippen LogP contribution < -0.4 is 10.6 Å². The van der Waals surface area contributed by atoms with E-state index in [1.807, 2.05) is 66.7 Å². The van der Waals surface area contributed by atoms with Gasteiger partial charge in [-0.2, -0.15) is 0 Å². The highest BCUT2D eigenvalue weighted by Crippen LogP contribution is 2.19. The van der Waals surface area contributed by atoms with Gasteiger partial charge in [0.25, 0.3) is 5.91 Å². The van der Waals surface area contributed by atoms with Gasteiger partial charge in [0, 0.05) is 3.57 Å². The van der Waals surface area contributed by atoms with E-state index in [0.29, 0.717) is 5.56 Å². The fourth-order valence-electron chi connectivity index (χ4n) is 3.11. The van der Waals surface area contributed by atoms with E-state index in [0.717, 1.165) is 22.0 Å². The molecule has 0 aliphatic heterocycles. The van der Waals surface area contributed by atoms with Crippen LogP contribution in [0.2, 0.25) is 0 Å². The molecular formula is C24H23IN2O2. The van der Waals surface area contributed by atoms with Crippen LogP contribution in [0.1, 0.15) is 33.9 Å². The van der Waals surface area contributed by atoms with Crippen LogP contribution in [0, 0.1) is 3.57 Å². The van der Waals surface area contributed by atoms with Crippen LogP contribution in [-0.4, -0.2) is 18.4 Å². The van der Waals surface area contributed by atoms with Gasteiger partial charge in [0.05, 0.1) is 18.2 Å². The SMILES string of the molecule is O=C(CNC(=O)c1ccccc1I)NC(CCc1ccccc1)c1ccccc1. The van der Waals surface area contributed by atoms with Crippen molar-refractivity contribution in [2.75, 3.05) is 6.54 Å². The molecule has 5 heteroatoms. The molecule has 29 heavy (non-hydrogen) atoms. The molecule has 0 spiro atoms. The maximum absolute atomic E-state index is 12.5. The highest BCUT2D eigenvalue weighted by Gasteiger charge is 2.16. The molecule has 0 aliphatic carbocycles. The van der Waals surface area contributed by atoms with Gasteiger partial charge in [-0.1, -0.05) is 72.8 Å². The lowest BCUT2D eigenvalue weighted by molar-refractivity contribution is -0.120. The molecule has 2 amide bonds. The van der Waals surface area contributed by atoms with Gasteiger partial charge < -0.3 is 10.6 Å². The number of aryl methyl sites for hydroxylation is 1. The minimum absolute atomic E-state index is 0.0571. The Morgan fingerprint density at radius 2 is 1.45 bits per heavy atom. The number of nitrogens with one attached hydrogen (secondary N) is 2. The molecule has 0 radical (unpaired) electrons. The standard InChI is InChI=1S/C24H23IN2O2/c25-21-14-8-7-13-20(21)24(29)26-17-23(28)27-22(19-11-5-2-6-12-19)16-15-18-9-3-1-4-10-18/h1-14,22H,15-17H2,(H,26,29)(H,27,28). The first-order valence-electron chi connectivity index (χ1n) is 9.54. The van der Waals surface area contributed by atoms with Crippen LogP contribution in [0.15, 0.2) is 84.9 Å². The molecule has 0 heterocycles. The highest BCUT2D eigenvalue weighted by atomic mass is 127. The largest absolute Gasteiger partial charge is 0.348 e. The summed E-state index contributed by atoms with van der Waals surface area (Å²) < 4.78 is 0.855. The average Bonchev–Trinajstić information content (AvgIpc) is 2.76. The summed E-state index contributed by atoms with van der Waals surface area (Å²) in [6, 6.07) is 27.3. The fourth-order valence-corrected chi connectivity index (χ4v) is 3.74. The van der Waals surface area contributed by atoms with Crippen LogP contribution in [0.25, 0.3) is 0 Å². The molecule has 3 aromatic rings. The first kappa shape index (κ1) is 21.0. The minimum Gasteiger partial charge on any atom is -0.348 e. The van der Waals surface area contributed by atoms with E-state index in [-0.39, 0.29) is 24.4 Å². The van der Waals surface area contributed by atoms with E-state index in [1.54, 1.807) is 6.07 Å². The molecule has 2 N–H and O–H groups in total. The molecule has 0 fully saturated rings. The van der Waals surface area contributed by atoms with Gasteiger partial charge in [-0.3, -0.25) is 9.59 Å². The lowest BCUT2D eigenvalue weighted by Gasteiger charge is -2.20. The molecule has 4 nitrogen and oxygen atoms in total. The zero-order chi connectivity index (χ0) is 20.5. The normalized spacial score (nSPS) is 11.5. The number of rotatable bonds is 8. The topological polar surface area (TPSA) is 58.2 Å². The van der Waals surface area contributed by atoms with E-state index in [9.17, 15) is 9.59 Å². The number of carbonyl (C=O) groups excluding carboxylic acids is 2. The van der Waals surface area contributed by atoms with Crippen molar-refractivity contribution in [1.82, 2.24) is 10.6 Å². The molecule has 1 unspecified atom stereocenters. The van der Waals surface area contributed by atoms with Crippen molar-refractivity contribution in [3.63, 3.8) is 0 Å². The maximum Gasteiger partial charge on any atom is 0.252 e. The summed E-state index contributed by atoms with van der Waals surface area (Å²) in [6.07, 6.45) is 1.64. The van der Waals surface area contributed by atoms with Gasteiger partial charge in [0.15, 0.2) is 0 Å². The maximum atomic E-state index is 12.5. The van der Waals surface area contributed by atoms with Crippen molar-refractivity contribution in [2.24, 2.45) is 0 Å². The zero-order valence-corrected chi connectivity index (χ0v) is 18.1. The number of halogens is 1. The van der Waals surface area contributed by atoms with Gasteiger partial charge in [-0.15, -0.1) is 0 Å². The Balaban J connectivity index is 1.60. The lowest BCUT2D eigenvalue weighted by Crippen LogP contribution is -2.39. The predicted octanol–water partition coefficient (Wildman–Crippen LogP) is 4.51. The number of benzene rings is 3. The van der Waals surface area contributed by atoms with E-state index < -0.39 is 0 Å². The average molecular weight is 498 g/mol. The second-order valence-electron chi connectivity index (χ2n) is 6.72. The first-order chi connectivity index (χ1) is 14.1. The lowest BCUT2D eigenvalue weighted by atomic mass is 9.99. The van der Waals surface area contributed by atoms with Crippen molar-refractivity contribution in [2.45, 2.75) is 18.9 Å². The Bertz CT molecular complexity index is 945. The van der Waals surface area contributed by atoms with Gasteiger partial charge >= 0.3 is 0 Å². The first-order valence-corrected chi connectivity index (χ1v) is 10.6. The molecule has 0 saturated heterocycles. The summed E-state index contributed by atoms with van der Waals surface area (Å²) in [5, 5.41) is 5.78. The smallest absolute Gasteiger partial charge is 0.252 e. The van der Waals surface area contributed by atoms with Crippen molar-refractivity contribution in [1.29, 1.82) is 0 Å². The number of amides is 2. The van der Waals surface area contributed by atoms with E-state index >= 15 is 0 Å². The Morgan fingerprint density at radius 3 is 2.14 bits per heavy atom. The Labute approximate surface area is 184 Å². The quantitative estimate of drug-likeness (QED) is 0.449. The third kappa shape index (κ3) is 6.42. The second-order valence-corrected chi connectivity index (χ2v) is 7.88. The minimum atomic E-state index is -0.245. The molecule has 1 atom stereocenters. The van der Waals surface area contributed by atoms with Crippen molar-refractivity contribution in [3.05, 3.63) is 105 Å². The van der Waals surface area contributed by atoms with Gasteiger partial charge in [-0.25, -0.2) is 0 Å².